The summed E-state index contributed by atoms with van der Waals surface area (Å²) in [4.78, 5) is 33.1. The fourth-order valence-corrected chi connectivity index (χ4v) is 3.87. The van der Waals surface area contributed by atoms with E-state index < -0.39 is 37.2 Å². The Labute approximate surface area is 172 Å². The lowest BCUT2D eigenvalue weighted by Crippen LogP contribution is -2.31. The van der Waals surface area contributed by atoms with Gasteiger partial charge in [0.05, 0.1) is 26.4 Å². The SMILES string of the molecule is CCC(C)NS(=O)(=O)c1ccc(NC(=O)c2cc([N+](=O)[O-])cc([N+](=O)[O-])c2C)cc1. The summed E-state index contributed by atoms with van der Waals surface area (Å²) in [5.74, 6) is -0.798. The van der Waals surface area contributed by atoms with Gasteiger partial charge in [-0.1, -0.05) is 6.92 Å². The Hall–Kier alpha value is -3.38. The Morgan fingerprint density at radius 1 is 1.10 bits per heavy atom. The first kappa shape index (κ1) is 22.9. The van der Waals surface area contributed by atoms with Crippen LogP contribution in [0, 0.1) is 27.2 Å². The molecule has 0 saturated heterocycles. The van der Waals surface area contributed by atoms with Crippen molar-refractivity contribution in [2.75, 3.05) is 5.32 Å². The van der Waals surface area contributed by atoms with Crippen LogP contribution >= 0.6 is 0 Å². The summed E-state index contributed by atoms with van der Waals surface area (Å²) in [5, 5.41) is 24.6. The third-order valence-electron chi connectivity index (χ3n) is 4.41. The number of non-ortho nitro benzene ring substituents is 1. The van der Waals surface area contributed by atoms with Crippen LogP contribution in [0.4, 0.5) is 17.1 Å². The van der Waals surface area contributed by atoms with Crippen molar-refractivity contribution in [1.82, 2.24) is 4.72 Å². The van der Waals surface area contributed by atoms with Gasteiger partial charge in [-0.05, 0) is 44.5 Å². The number of sulfonamides is 1. The molecule has 0 aliphatic rings. The summed E-state index contributed by atoms with van der Waals surface area (Å²) in [5.41, 5.74) is -1.18. The van der Waals surface area contributed by atoms with E-state index in [0.717, 1.165) is 12.1 Å². The Balaban J connectivity index is 2.31. The van der Waals surface area contributed by atoms with Gasteiger partial charge in [0.25, 0.3) is 17.3 Å². The number of rotatable bonds is 8. The molecular weight excluding hydrogens is 416 g/mol. The smallest absolute Gasteiger partial charge is 0.279 e. The van der Waals surface area contributed by atoms with Gasteiger partial charge in [0.15, 0.2) is 0 Å². The standard InChI is InChI=1S/C18H20N4O7S/c1-4-11(2)20-30(28,29)15-7-5-13(6-8-15)19-18(23)16-9-14(21(24)25)10-17(12(16)3)22(26)27/h5-11,20H,4H2,1-3H3,(H,19,23). The maximum absolute atomic E-state index is 12.6. The molecule has 0 aliphatic heterocycles. The lowest BCUT2D eigenvalue weighted by molar-refractivity contribution is -0.394. The first-order valence-electron chi connectivity index (χ1n) is 8.83. The van der Waals surface area contributed by atoms with E-state index in [-0.39, 0.29) is 27.8 Å². The van der Waals surface area contributed by atoms with E-state index in [1.54, 1.807) is 6.92 Å². The van der Waals surface area contributed by atoms with Crippen LogP contribution < -0.4 is 10.0 Å². The van der Waals surface area contributed by atoms with E-state index >= 15 is 0 Å². The van der Waals surface area contributed by atoms with Crippen LogP contribution in [0.1, 0.15) is 36.2 Å². The van der Waals surface area contributed by atoms with Crippen LogP contribution in [0.3, 0.4) is 0 Å². The number of nitrogens with one attached hydrogen (secondary N) is 2. The van der Waals surface area contributed by atoms with Gasteiger partial charge in [0.2, 0.25) is 10.0 Å². The molecule has 1 amide bonds. The van der Waals surface area contributed by atoms with Crippen LogP contribution in [0.5, 0.6) is 0 Å². The number of carbonyl (C=O) groups is 1. The number of anilines is 1. The van der Waals surface area contributed by atoms with Gasteiger partial charge in [-0.25, -0.2) is 13.1 Å². The first-order chi connectivity index (χ1) is 14.0. The number of nitrogens with zero attached hydrogens (tertiary/aromatic N) is 2. The highest BCUT2D eigenvalue weighted by atomic mass is 32.2. The molecule has 1 unspecified atom stereocenters. The molecule has 160 valence electrons. The molecule has 1 atom stereocenters. The molecule has 2 N–H and O–H groups in total. The highest BCUT2D eigenvalue weighted by Gasteiger charge is 2.25. The summed E-state index contributed by atoms with van der Waals surface area (Å²) in [6, 6.07) is 6.78. The summed E-state index contributed by atoms with van der Waals surface area (Å²) < 4.78 is 27.1. The predicted octanol–water partition coefficient (Wildman–Crippen LogP) is 3.14. The van der Waals surface area contributed by atoms with E-state index in [1.807, 2.05) is 6.92 Å². The Morgan fingerprint density at radius 2 is 1.70 bits per heavy atom. The average Bonchev–Trinajstić information content (AvgIpc) is 2.67. The molecule has 0 bridgehead atoms. The topological polar surface area (TPSA) is 162 Å². The zero-order valence-corrected chi connectivity index (χ0v) is 17.2. The maximum Gasteiger partial charge on any atom is 0.279 e. The average molecular weight is 436 g/mol. The van der Waals surface area contributed by atoms with Crippen molar-refractivity contribution in [3.8, 4) is 0 Å². The van der Waals surface area contributed by atoms with Crippen molar-refractivity contribution in [3.63, 3.8) is 0 Å². The molecule has 0 spiro atoms. The number of nitro groups is 2. The quantitative estimate of drug-likeness (QED) is 0.474. The highest BCUT2D eigenvalue weighted by molar-refractivity contribution is 7.89. The van der Waals surface area contributed by atoms with Gasteiger partial charge in [-0.2, -0.15) is 0 Å². The third kappa shape index (κ3) is 5.15. The van der Waals surface area contributed by atoms with Crippen molar-refractivity contribution in [3.05, 3.63) is 67.8 Å². The van der Waals surface area contributed by atoms with Gasteiger partial charge in [0, 0.05) is 23.4 Å². The predicted molar refractivity (Wildman–Crippen MR) is 109 cm³/mol. The van der Waals surface area contributed by atoms with Crippen LogP contribution in [-0.4, -0.2) is 30.2 Å². The van der Waals surface area contributed by atoms with E-state index in [0.29, 0.717) is 6.42 Å². The summed E-state index contributed by atoms with van der Waals surface area (Å²) in [6.07, 6.45) is 0.613. The van der Waals surface area contributed by atoms with Crippen molar-refractivity contribution >= 4 is 33.0 Å². The fraction of sp³-hybridized carbons (Fsp3) is 0.278. The fourth-order valence-electron chi connectivity index (χ4n) is 2.55. The first-order valence-corrected chi connectivity index (χ1v) is 10.3. The molecule has 0 heterocycles. The van der Waals surface area contributed by atoms with E-state index in [4.69, 9.17) is 0 Å². The van der Waals surface area contributed by atoms with E-state index in [9.17, 15) is 33.4 Å². The van der Waals surface area contributed by atoms with Crippen LogP contribution in [-0.2, 0) is 10.0 Å². The Morgan fingerprint density at radius 3 is 2.20 bits per heavy atom. The molecule has 11 nitrogen and oxygen atoms in total. The van der Waals surface area contributed by atoms with Gasteiger partial charge in [-0.3, -0.25) is 25.0 Å². The second kappa shape index (κ2) is 8.97. The molecule has 2 aromatic rings. The molecule has 0 fully saturated rings. The molecule has 2 aromatic carbocycles. The van der Waals surface area contributed by atoms with Crippen molar-refractivity contribution < 1.29 is 23.1 Å². The van der Waals surface area contributed by atoms with Crippen LogP contribution in [0.2, 0.25) is 0 Å². The Kier molecular flexibility index (Phi) is 6.84. The molecule has 30 heavy (non-hydrogen) atoms. The van der Waals surface area contributed by atoms with Gasteiger partial charge < -0.3 is 5.32 Å². The molecule has 0 aromatic heterocycles. The van der Waals surface area contributed by atoms with E-state index in [1.165, 1.54) is 31.2 Å². The zero-order chi connectivity index (χ0) is 22.6. The largest absolute Gasteiger partial charge is 0.322 e. The molecule has 0 radical (unpaired) electrons. The molecule has 0 saturated carbocycles. The normalized spacial score (nSPS) is 12.2. The summed E-state index contributed by atoms with van der Waals surface area (Å²) in [6.45, 7) is 4.88. The number of amides is 1. The number of nitro benzene ring substituents is 2. The monoisotopic (exact) mass is 436 g/mol. The summed E-state index contributed by atoms with van der Waals surface area (Å²) >= 11 is 0. The third-order valence-corrected chi connectivity index (χ3v) is 6.01. The van der Waals surface area contributed by atoms with Crippen molar-refractivity contribution in [1.29, 1.82) is 0 Å². The Bertz CT molecular complexity index is 1100. The maximum atomic E-state index is 12.6. The van der Waals surface area contributed by atoms with Crippen LogP contribution in [0.15, 0.2) is 41.3 Å². The minimum atomic E-state index is -3.72. The molecule has 12 heteroatoms. The van der Waals surface area contributed by atoms with Crippen molar-refractivity contribution in [2.45, 2.75) is 38.1 Å². The summed E-state index contributed by atoms with van der Waals surface area (Å²) in [7, 11) is -3.72. The minimum absolute atomic E-state index is 0.00275. The zero-order valence-electron chi connectivity index (χ0n) is 16.4. The van der Waals surface area contributed by atoms with E-state index in [2.05, 4.69) is 10.0 Å². The highest BCUT2D eigenvalue weighted by Crippen LogP contribution is 2.28. The molecular formula is C18H20N4O7S. The number of hydrogen-bond acceptors (Lipinski definition) is 7. The number of benzene rings is 2. The van der Waals surface area contributed by atoms with Gasteiger partial charge >= 0.3 is 0 Å². The lowest BCUT2D eigenvalue weighted by atomic mass is 10.0. The van der Waals surface area contributed by atoms with Crippen molar-refractivity contribution in [2.24, 2.45) is 0 Å². The van der Waals surface area contributed by atoms with Gasteiger partial charge in [-0.15, -0.1) is 0 Å². The minimum Gasteiger partial charge on any atom is -0.322 e. The number of hydrogen-bond donors (Lipinski definition) is 2. The number of carbonyl (C=O) groups excluding carboxylic acids is 1. The lowest BCUT2D eigenvalue weighted by Gasteiger charge is -2.13. The molecule has 0 aliphatic carbocycles. The van der Waals surface area contributed by atoms with Gasteiger partial charge in [0.1, 0.15) is 0 Å². The second-order valence-corrected chi connectivity index (χ2v) is 8.27. The second-order valence-electron chi connectivity index (χ2n) is 6.56. The van der Waals surface area contributed by atoms with Crippen LogP contribution in [0.25, 0.3) is 0 Å². The molecule has 2 rings (SSSR count).